The van der Waals surface area contributed by atoms with E-state index in [1.165, 1.54) is 6.07 Å². The molecule has 1 aliphatic heterocycles. The highest BCUT2D eigenvalue weighted by Gasteiger charge is 2.49. The van der Waals surface area contributed by atoms with Gasteiger partial charge >= 0.3 is 5.97 Å². The summed E-state index contributed by atoms with van der Waals surface area (Å²) in [6.07, 6.45) is 4.66. The molecule has 0 spiro atoms. The number of aromatic carboxylic acids is 1. The second-order valence-corrected chi connectivity index (χ2v) is 9.98. The van der Waals surface area contributed by atoms with Crippen molar-refractivity contribution in [2.75, 3.05) is 0 Å². The van der Waals surface area contributed by atoms with Crippen molar-refractivity contribution >= 4 is 27.0 Å². The lowest BCUT2D eigenvalue weighted by atomic mass is 9.85. The second kappa shape index (κ2) is 7.21. The molecule has 0 radical (unpaired) electrons. The van der Waals surface area contributed by atoms with Crippen LogP contribution >= 0.6 is 0 Å². The molecule has 0 bridgehead atoms. The molecule has 2 N–H and O–H groups in total. The number of carbonyl (C=O) groups is 1. The minimum atomic E-state index is -3.71. The van der Waals surface area contributed by atoms with Crippen LogP contribution in [0.5, 0.6) is 0 Å². The maximum atomic E-state index is 13.7. The number of imidazole rings is 1. The fourth-order valence-corrected chi connectivity index (χ4v) is 6.99. The highest BCUT2D eigenvalue weighted by atomic mass is 32.2. The predicted molar refractivity (Wildman–Crippen MR) is 112 cm³/mol. The Kier molecular flexibility index (Phi) is 4.63. The average Bonchev–Trinajstić information content (AvgIpc) is 3.35. The Bertz CT molecular complexity index is 1210. The molecule has 3 aromatic rings. The fourth-order valence-electron chi connectivity index (χ4n) is 5.09. The standard InChI is InChI=1S/C22H23N3O4S/c26-22(27)16-10-6-11-17-20(16)24-21(23-17)19-13-14-7-4-5-12-18(14)25(19)30(28,29)15-8-2-1-3-9-15/h1-3,6,8-11,14,18-19H,4-5,7,12-13H2,(H,23,24)(H,26,27)/t14-,18-,19-/m0/s1. The summed E-state index contributed by atoms with van der Waals surface area (Å²) in [5.74, 6) is -0.241. The van der Waals surface area contributed by atoms with E-state index in [1.54, 1.807) is 46.8 Å². The van der Waals surface area contributed by atoms with Crippen LogP contribution in [0, 0.1) is 5.92 Å². The Morgan fingerprint density at radius 1 is 1.07 bits per heavy atom. The Labute approximate surface area is 174 Å². The lowest BCUT2D eigenvalue weighted by Crippen LogP contribution is -2.40. The van der Waals surface area contributed by atoms with E-state index >= 15 is 0 Å². The molecule has 0 amide bonds. The van der Waals surface area contributed by atoms with Crippen LogP contribution in [0.15, 0.2) is 53.4 Å². The number of para-hydroxylation sites is 1. The molecule has 2 fully saturated rings. The molecule has 2 heterocycles. The summed E-state index contributed by atoms with van der Waals surface area (Å²) in [7, 11) is -3.71. The Balaban J connectivity index is 1.63. The maximum absolute atomic E-state index is 13.7. The Morgan fingerprint density at radius 2 is 1.83 bits per heavy atom. The zero-order chi connectivity index (χ0) is 20.9. The summed E-state index contributed by atoms with van der Waals surface area (Å²) in [4.78, 5) is 19.7. The summed E-state index contributed by atoms with van der Waals surface area (Å²) in [5, 5.41) is 9.50. The number of aromatic amines is 1. The quantitative estimate of drug-likeness (QED) is 0.659. The SMILES string of the molecule is O=C(O)c1cccc2[nH]c([C@@H]3C[C@@H]4CCCC[C@@H]4N3S(=O)(=O)c3ccccc3)nc12. The van der Waals surface area contributed by atoms with Crippen molar-refractivity contribution < 1.29 is 18.3 Å². The predicted octanol–water partition coefficient (Wildman–Crippen LogP) is 3.96. The number of benzene rings is 2. The van der Waals surface area contributed by atoms with Crippen molar-refractivity contribution in [1.82, 2.24) is 14.3 Å². The zero-order valence-electron chi connectivity index (χ0n) is 16.4. The monoisotopic (exact) mass is 425 g/mol. The van der Waals surface area contributed by atoms with Crippen molar-refractivity contribution in [1.29, 1.82) is 0 Å². The number of rotatable bonds is 4. The smallest absolute Gasteiger partial charge is 0.337 e. The van der Waals surface area contributed by atoms with Gasteiger partial charge in [0.15, 0.2) is 0 Å². The molecule has 7 nitrogen and oxygen atoms in total. The van der Waals surface area contributed by atoms with Crippen LogP contribution in [0.25, 0.3) is 11.0 Å². The van der Waals surface area contributed by atoms with Gasteiger partial charge in [-0.15, -0.1) is 0 Å². The number of H-pyrrole nitrogens is 1. The van der Waals surface area contributed by atoms with E-state index in [0.29, 0.717) is 23.3 Å². The van der Waals surface area contributed by atoms with Crippen LogP contribution in [0.4, 0.5) is 0 Å². The molecule has 1 aromatic heterocycles. The number of hydrogen-bond donors (Lipinski definition) is 2. The molecule has 0 unspecified atom stereocenters. The summed E-state index contributed by atoms with van der Waals surface area (Å²) < 4.78 is 29.0. The maximum Gasteiger partial charge on any atom is 0.337 e. The molecular weight excluding hydrogens is 402 g/mol. The number of nitrogens with zero attached hydrogens (tertiary/aromatic N) is 2. The molecule has 1 saturated heterocycles. The zero-order valence-corrected chi connectivity index (χ0v) is 17.2. The first-order chi connectivity index (χ1) is 14.5. The largest absolute Gasteiger partial charge is 0.478 e. The minimum absolute atomic E-state index is 0.0545. The van der Waals surface area contributed by atoms with Crippen LogP contribution in [-0.2, 0) is 10.0 Å². The topological polar surface area (TPSA) is 103 Å². The number of sulfonamides is 1. The van der Waals surface area contributed by atoms with Crippen molar-refractivity contribution in [2.24, 2.45) is 5.92 Å². The van der Waals surface area contributed by atoms with Crippen molar-refractivity contribution in [3.63, 3.8) is 0 Å². The second-order valence-electron chi connectivity index (χ2n) is 8.14. The highest BCUT2D eigenvalue weighted by Crippen LogP contribution is 2.48. The third kappa shape index (κ3) is 3.02. The van der Waals surface area contributed by atoms with Crippen molar-refractivity contribution in [3.8, 4) is 0 Å². The molecule has 2 aromatic carbocycles. The summed E-state index contributed by atoms with van der Waals surface area (Å²) >= 11 is 0. The van der Waals surface area contributed by atoms with E-state index < -0.39 is 22.0 Å². The van der Waals surface area contributed by atoms with Crippen molar-refractivity contribution in [3.05, 3.63) is 59.9 Å². The molecule has 8 heteroatoms. The van der Waals surface area contributed by atoms with Crippen LogP contribution in [-0.4, -0.2) is 39.8 Å². The van der Waals surface area contributed by atoms with Crippen LogP contribution < -0.4 is 0 Å². The van der Waals surface area contributed by atoms with E-state index in [9.17, 15) is 18.3 Å². The molecule has 3 atom stereocenters. The average molecular weight is 426 g/mol. The molecule has 5 rings (SSSR count). The highest BCUT2D eigenvalue weighted by molar-refractivity contribution is 7.89. The summed E-state index contributed by atoms with van der Waals surface area (Å²) in [6.45, 7) is 0. The van der Waals surface area contributed by atoms with Gasteiger partial charge in [0.05, 0.1) is 22.0 Å². The third-order valence-corrected chi connectivity index (χ3v) is 8.37. The number of aromatic nitrogens is 2. The first-order valence-corrected chi connectivity index (χ1v) is 11.7. The molecule has 30 heavy (non-hydrogen) atoms. The molecular formula is C22H23N3O4S. The van der Waals surface area contributed by atoms with Gasteiger partial charge in [0.25, 0.3) is 0 Å². The summed E-state index contributed by atoms with van der Waals surface area (Å²) in [5.41, 5.74) is 1.09. The lowest BCUT2D eigenvalue weighted by molar-refractivity contribution is 0.0699. The summed E-state index contributed by atoms with van der Waals surface area (Å²) in [6, 6.07) is 13.0. The van der Waals surface area contributed by atoms with Gasteiger partial charge in [0.2, 0.25) is 10.0 Å². The molecule has 1 aliphatic carbocycles. The number of hydrogen-bond acceptors (Lipinski definition) is 4. The Morgan fingerprint density at radius 3 is 2.60 bits per heavy atom. The van der Waals surface area contributed by atoms with Gasteiger partial charge < -0.3 is 10.1 Å². The van der Waals surface area contributed by atoms with Gasteiger partial charge in [0.1, 0.15) is 11.3 Å². The van der Waals surface area contributed by atoms with E-state index in [0.717, 1.165) is 25.7 Å². The lowest BCUT2D eigenvalue weighted by Gasteiger charge is -2.32. The van der Waals surface area contributed by atoms with E-state index in [1.807, 2.05) is 0 Å². The van der Waals surface area contributed by atoms with Gasteiger partial charge in [-0.3, -0.25) is 0 Å². The first-order valence-electron chi connectivity index (χ1n) is 10.3. The normalized spacial score (nSPS) is 24.7. The molecule has 2 aliphatic rings. The third-order valence-electron chi connectivity index (χ3n) is 6.42. The Hall–Kier alpha value is -2.71. The van der Waals surface area contributed by atoms with E-state index in [-0.39, 0.29) is 22.4 Å². The van der Waals surface area contributed by atoms with E-state index in [4.69, 9.17) is 0 Å². The van der Waals surface area contributed by atoms with Gasteiger partial charge in [-0.1, -0.05) is 37.1 Å². The van der Waals surface area contributed by atoms with Gasteiger partial charge in [-0.2, -0.15) is 4.31 Å². The number of carboxylic acid groups (broad SMARTS) is 1. The van der Waals surface area contributed by atoms with Crippen LogP contribution in [0.1, 0.15) is 54.3 Å². The van der Waals surface area contributed by atoms with E-state index in [2.05, 4.69) is 9.97 Å². The molecule has 156 valence electrons. The van der Waals surface area contributed by atoms with Crippen LogP contribution in [0.2, 0.25) is 0 Å². The number of nitrogens with one attached hydrogen (secondary N) is 1. The van der Waals surface area contributed by atoms with Gasteiger partial charge in [0, 0.05) is 6.04 Å². The van der Waals surface area contributed by atoms with Gasteiger partial charge in [-0.05, 0) is 49.4 Å². The van der Waals surface area contributed by atoms with Crippen LogP contribution in [0.3, 0.4) is 0 Å². The van der Waals surface area contributed by atoms with Gasteiger partial charge in [-0.25, -0.2) is 18.2 Å². The minimum Gasteiger partial charge on any atom is -0.478 e. The molecule has 1 saturated carbocycles. The first kappa shape index (κ1) is 19.3. The fraction of sp³-hybridized carbons (Fsp3) is 0.364. The number of carboxylic acids is 1. The number of fused-ring (bicyclic) bond motifs is 2. The van der Waals surface area contributed by atoms with Crippen molar-refractivity contribution in [2.45, 2.75) is 49.1 Å².